The van der Waals surface area contributed by atoms with Crippen LogP contribution >= 0.6 is 0 Å². The van der Waals surface area contributed by atoms with E-state index in [1.54, 1.807) is 23.4 Å². The number of carboxylic acid groups (broad SMARTS) is 1. The van der Waals surface area contributed by atoms with Crippen molar-refractivity contribution in [3.05, 3.63) is 88.1 Å². The molecule has 4 heterocycles. The van der Waals surface area contributed by atoms with Gasteiger partial charge in [0.15, 0.2) is 0 Å². The van der Waals surface area contributed by atoms with Crippen LogP contribution in [0.2, 0.25) is 0 Å². The van der Waals surface area contributed by atoms with Crippen molar-refractivity contribution in [3.8, 4) is 0 Å². The van der Waals surface area contributed by atoms with Crippen LogP contribution in [-0.4, -0.2) is 50.0 Å². The molecule has 0 saturated carbocycles. The summed E-state index contributed by atoms with van der Waals surface area (Å²) in [7, 11) is 0. The third kappa shape index (κ3) is 3.31. The van der Waals surface area contributed by atoms with Crippen LogP contribution in [0.25, 0.3) is 0 Å². The summed E-state index contributed by atoms with van der Waals surface area (Å²) in [5, 5.41) is 16.0. The van der Waals surface area contributed by atoms with E-state index in [1.807, 2.05) is 30.3 Å². The predicted octanol–water partition coefficient (Wildman–Crippen LogP) is 1.34. The number of pyridine rings is 1. The largest absolute Gasteiger partial charge is 0.483 e. The lowest BCUT2D eigenvalue weighted by molar-refractivity contribution is -0.123. The first-order chi connectivity index (χ1) is 15.5. The van der Waals surface area contributed by atoms with E-state index in [4.69, 9.17) is 9.90 Å². The van der Waals surface area contributed by atoms with Crippen LogP contribution in [0.5, 0.6) is 0 Å². The fraction of sp³-hybridized carbons (Fsp3) is 0.182. The summed E-state index contributed by atoms with van der Waals surface area (Å²) in [6.45, 7) is 0.126. The second-order valence-electron chi connectivity index (χ2n) is 7.32. The molecule has 3 aromatic rings. The zero-order chi connectivity index (χ0) is 22.7. The SMILES string of the molecule is O=C(c1ccc(=O)[nH]n1)N1CCC2(C(=O)Nc3ccccc32)C1c1cccnc1.O=CO. The van der Waals surface area contributed by atoms with Gasteiger partial charge >= 0.3 is 0 Å². The quantitative estimate of drug-likeness (QED) is 0.517. The molecular formula is C22H19N5O5. The van der Waals surface area contributed by atoms with Gasteiger partial charge in [0, 0.05) is 30.7 Å². The van der Waals surface area contributed by atoms with Gasteiger partial charge in [0.25, 0.3) is 17.9 Å². The Labute approximate surface area is 181 Å². The number of aromatic amines is 1. The number of anilines is 1. The number of carbonyl (C=O) groups is 3. The Morgan fingerprint density at radius 3 is 2.62 bits per heavy atom. The molecule has 162 valence electrons. The molecule has 2 atom stereocenters. The monoisotopic (exact) mass is 433 g/mol. The Morgan fingerprint density at radius 2 is 1.94 bits per heavy atom. The van der Waals surface area contributed by atoms with Crippen molar-refractivity contribution in [2.24, 2.45) is 0 Å². The first-order valence-corrected chi connectivity index (χ1v) is 9.78. The van der Waals surface area contributed by atoms with E-state index in [2.05, 4.69) is 20.5 Å². The number of aromatic nitrogens is 3. The minimum absolute atomic E-state index is 0.127. The van der Waals surface area contributed by atoms with Gasteiger partial charge < -0.3 is 15.3 Å². The van der Waals surface area contributed by atoms with E-state index in [0.29, 0.717) is 13.0 Å². The Morgan fingerprint density at radius 1 is 1.16 bits per heavy atom. The number of nitrogens with one attached hydrogen (secondary N) is 2. The molecule has 1 aromatic carbocycles. The van der Waals surface area contributed by atoms with Crippen LogP contribution < -0.4 is 10.9 Å². The molecule has 2 unspecified atom stereocenters. The van der Waals surface area contributed by atoms with Crippen LogP contribution in [0, 0.1) is 0 Å². The highest BCUT2D eigenvalue weighted by molar-refractivity contribution is 6.08. The van der Waals surface area contributed by atoms with Crippen molar-refractivity contribution in [2.45, 2.75) is 17.9 Å². The molecule has 10 heteroatoms. The molecule has 3 N–H and O–H groups in total. The molecular weight excluding hydrogens is 414 g/mol. The smallest absolute Gasteiger partial charge is 0.290 e. The number of hydrogen-bond donors (Lipinski definition) is 3. The molecule has 32 heavy (non-hydrogen) atoms. The second kappa shape index (κ2) is 8.42. The molecule has 0 aliphatic carbocycles. The summed E-state index contributed by atoms with van der Waals surface area (Å²) in [5.74, 6) is -0.471. The number of benzene rings is 1. The number of hydrogen-bond acceptors (Lipinski definition) is 6. The predicted molar refractivity (Wildman–Crippen MR) is 113 cm³/mol. The van der Waals surface area contributed by atoms with E-state index in [9.17, 15) is 14.4 Å². The molecule has 5 rings (SSSR count). The highest BCUT2D eigenvalue weighted by Gasteiger charge is 2.59. The highest BCUT2D eigenvalue weighted by atomic mass is 16.3. The summed E-state index contributed by atoms with van der Waals surface area (Å²) < 4.78 is 0. The Kier molecular flexibility index (Phi) is 5.50. The number of likely N-dealkylation sites (tertiary alicyclic amines) is 1. The van der Waals surface area contributed by atoms with Crippen molar-refractivity contribution >= 4 is 24.0 Å². The summed E-state index contributed by atoms with van der Waals surface area (Å²) in [6.07, 6.45) is 3.82. The minimum atomic E-state index is -0.905. The fourth-order valence-electron chi connectivity index (χ4n) is 4.52. The average Bonchev–Trinajstić information content (AvgIpc) is 3.34. The lowest BCUT2D eigenvalue weighted by Crippen LogP contribution is -2.43. The Balaban J connectivity index is 0.000000775. The number of amides is 2. The van der Waals surface area contributed by atoms with Gasteiger partial charge in [0.05, 0.1) is 6.04 Å². The maximum absolute atomic E-state index is 13.3. The van der Waals surface area contributed by atoms with Crippen LogP contribution in [0.15, 0.2) is 65.7 Å². The van der Waals surface area contributed by atoms with Gasteiger partial charge in [0.2, 0.25) is 5.91 Å². The molecule has 2 aromatic heterocycles. The lowest BCUT2D eigenvalue weighted by atomic mass is 9.73. The van der Waals surface area contributed by atoms with E-state index in [1.165, 1.54) is 12.1 Å². The summed E-state index contributed by atoms with van der Waals surface area (Å²) in [6, 6.07) is 13.4. The Hall–Kier alpha value is -4.34. The van der Waals surface area contributed by atoms with Gasteiger partial charge in [-0.1, -0.05) is 24.3 Å². The van der Waals surface area contributed by atoms with E-state index in [0.717, 1.165) is 16.8 Å². The number of nitrogens with zero attached hydrogens (tertiary/aromatic N) is 3. The molecule has 1 saturated heterocycles. The zero-order valence-electron chi connectivity index (χ0n) is 16.8. The molecule has 10 nitrogen and oxygen atoms in total. The van der Waals surface area contributed by atoms with Gasteiger partial charge in [-0.2, -0.15) is 5.10 Å². The average molecular weight is 433 g/mol. The third-order valence-electron chi connectivity index (χ3n) is 5.75. The van der Waals surface area contributed by atoms with Crippen LogP contribution in [-0.2, 0) is 15.0 Å². The first kappa shape index (κ1) is 20.9. The van der Waals surface area contributed by atoms with Gasteiger partial charge in [0.1, 0.15) is 11.1 Å². The molecule has 0 radical (unpaired) electrons. The summed E-state index contributed by atoms with van der Waals surface area (Å²) in [4.78, 5) is 52.1. The van der Waals surface area contributed by atoms with Crippen molar-refractivity contribution in [1.82, 2.24) is 20.1 Å². The zero-order valence-corrected chi connectivity index (χ0v) is 16.8. The molecule has 2 aliphatic heterocycles. The van der Waals surface area contributed by atoms with Gasteiger partial charge in [-0.05, 0) is 35.7 Å². The van der Waals surface area contributed by atoms with Crippen LogP contribution in [0.1, 0.15) is 34.1 Å². The molecule has 2 amide bonds. The Bertz CT molecular complexity index is 1210. The van der Waals surface area contributed by atoms with Crippen molar-refractivity contribution in [1.29, 1.82) is 0 Å². The number of fused-ring (bicyclic) bond motifs is 2. The maximum Gasteiger partial charge on any atom is 0.290 e. The van der Waals surface area contributed by atoms with E-state index >= 15 is 0 Å². The lowest BCUT2D eigenvalue weighted by Gasteiger charge is -2.34. The molecule has 1 spiro atoms. The molecule has 0 bridgehead atoms. The van der Waals surface area contributed by atoms with Crippen LogP contribution in [0.3, 0.4) is 0 Å². The summed E-state index contributed by atoms with van der Waals surface area (Å²) >= 11 is 0. The first-order valence-electron chi connectivity index (χ1n) is 9.78. The minimum Gasteiger partial charge on any atom is -0.483 e. The number of rotatable bonds is 2. The standard InChI is InChI=1S/C21H17N5O3.CH2O2/c27-17-8-7-16(24-25-17)19(28)26-11-9-21(18(26)13-4-3-10-22-12-13)14-5-1-2-6-15(14)23-20(21)29;2-1-3/h1-8,10,12,18H,9,11H2,(H,23,29)(H,25,27);1H,(H,2,3). The second-order valence-corrected chi connectivity index (χ2v) is 7.32. The molecule has 2 aliphatic rings. The van der Waals surface area contributed by atoms with Crippen molar-refractivity contribution in [3.63, 3.8) is 0 Å². The highest BCUT2D eigenvalue weighted by Crippen LogP contribution is 2.54. The number of H-pyrrole nitrogens is 1. The third-order valence-corrected chi connectivity index (χ3v) is 5.75. The van der Waals surface area contributed by atoms with Crippen molar-refractivity contribution in [2.75, 3.05) is 11.9 Å². The van der Waals surface area contributed by atoms with Gasteiger partial charge in [-0.3, -0.25) is 24.2 Å². The topological polar surface area (TPSA) is 145 Å². The van der Waals surface area contributed by atoms with E-state index in [-0.39, 0.29) is 29.5 Å². The molecule has 1 fully saturated rings. The number of para-hydroxylation sites is 1. The van der Waals surface area contributed by atoms with Gasteiger partial charge in [-0.15, -0.1) is 0 Å². The normalized spacial score (nSPS) is 20.8. The van der Waals surface area contributed by atoms with Crippen molar-refractivity contribution < 1.29 is 19.5 Å². The maximum atomic E-state index is 13.3. The van der Waals surface area contributed by atoms with E-state index < -0.39 is 11.5 Å². The fourth-order valence-corrected chi connectivity index (χ4v) is 4.52. The summed E-state index contributed by atoms with van der Waals surface area (Å²) in [5.41, 5.74) is 1.26. The van der Waals surface area contributed by atoms with Gasteiger partial charge in [-0.25, -0.2) is 5.10 Å². The van der Waals surface area contributed by atoms with Crippen LogP contribution in [0.4, 0.5) is 5.69 Å². The number of carbonyl (C=O) groups excluding carboxylic acids is 2.